The molecule has 0 fully saturated rings. The Morgan fingerprint density at radius 3 is 2.27 bits per heavy atom. The topological polar surface area (TPSA) is 46.6 Å². The summed E-state index contributed by atoms with van der Waals surface area (Å²) in [6.07, 6.45) is 1.69. The minimum Gasteiger partial charge on any atom is -0.459 e. The Morgan fingerprint density at radius 2 is 1.93 bits per heavy atom. The first kappa shape index (κ1) is 13.7. The molecule has 4 heteroatoms. The van der Waals surface area contributed by atoms with Crippen molar-refractivity contribution in [3.63, 3.8) is 0 Å². The first-order valence-electron chi connectivity index (χ1n) is 4.94. The first-order chi connectivity index (χ1) is 6.80. The van der Waals surface area contributed by atoms with E-state index in [1.165, 1.54) is 11.1 Å². The molecule has 0 aromatic heterocycles. The number of hydrogen-bond donors (Lipinski definition) is 0. The summed E-state index contributed by atoms with van der Waals surface area (Å²) < 4.78 is 5.08. The van der Waals surface area contributed by atoms with Crippen LogP contribution in [0.1, 0.15) is 34.1 Å². The van der Waals surface area contributed by atoms with Crippen LogP contribution >= 0.6 is 0 Å². The predicted molar refractivity (Wildman–Crippen MR) is 58.0 cm³/mol. The minimum atomic E-state index is -0.529. The number of hydrogen-bond acceptors (Lipinski definition) is 3. The van der Waals surface area contributed by atoms with E-state index in [1.807, 2.05) is 0 Å². The van der Waals surface area contributed by atoms with Gasteiger partial charge in [0, 0.05) is 12.6 Å². The number of carbonyl (C=O) groups is 2. The fourth-order valence-corrected chi connectivity index (χ4v) is 0.971. The molecular weight excluding hydrogens is 194 g/mol. The van der Waals surface area contributed by atoms with Gasteiger partial charge in [-0.15, -0.1) is 0 Å². The largest absolute Gasteiger partial charge is 0.459 e. The zero-order valence-corrected chi connectivity index (χ0v) is 9.87. The van der Waals surface area contributed by atoms with Gasteiger partial charge in [-0.05, 0) is 20.8 Å². The van der Waals surface area contributed by atoms with E-state index in [9.17, 15) is 9.59 Å². The third-order valence-electron chi connectivity index (χ3n) is 1.56. The summed E-state index contributed by atoms with van der Waals surface area (Å²) in [6, 6.07) is 0. The van der Waals surface area contributed by atoms with Crippen molar-refractivity contribution in [1.82, 2.24) is 4.90 Å². The van der Waals surface area contributed by atoms with E-state index < -0.39 is 11.6 Å². The van der Waals surface area contributed by atoms with E-state index >= 15 is 0 Å². The van der Waals surface area contributed by atoms with E-state index in [4.69, 9.17) is 4.74 Å². The molecule has 0 saturated heterocycles. The van der Waals surface area contributed by atoms with E-state index in [0.29, 0.717) is 6.42 Å². The molecule has 0 saturated carbocycles. The van der Waals surface area contributed by atoms with Crippen LogP contribution in [0.25, 0.3) is 0 Å². The third kappa shape index (κ3) is 5.88. The number of esters is 1. The lowest BCUT2D eigenvalue weighted by Gasteiger charge is -2.22. The van der Waals surface area contributed by atoms with Crippen LogP contribution in [0.15, 0.2) is 12.8 Å². The van der Waals surface area contributed by atoms with Crippen molar-refractivity contribution in [2.45, 2.75) is 39.7 Å². The Kier molecular flexibility index (Phi) is 5.05. The zero-order valence-electron chi connectivity index (χ0n) is 9.87. The fraction of sp³-hybridized carbons (Fsp3) is 0.636. The number of carbonyl (C=O) groups excluding carboxylic acids is 2. The average Bonchev–Trinajstić information content (AvgIpc) is 2.10. The molecule has 0 atom stereocenters. The van der Waals surface area contributed by atoms with Crippen LogP contribution in [0.3, 0.4) is 0 Å². The predicted octanol–water partition coefficient (Wildman–Crippen LogP) is 1.71. The van der Waals surface area contributed by atoms with Crippen molar-refractivity contribution >= 4 is 11.9 Å². The average molecular weight is 213 g/mol. The quantitative estimate of drug-likeness (QED) is 0.668. The molecule has 0 aliphatic heterocycles. The molecule has 0 aliphatic carbocycles. The SMILES string of the molecule is C=CN(CC(=O)OC(C)(C)C)C(=O)CC. The minimum absolute atomic E-state index is 0.0759. The van der Waals surface area contributed by atoms with Gasteiger partial charge in [-0.1, -0.05) is 13.5 Å². The van der Waals surface area contributed by atoms with Gasteiger partial charge in [0.15, 0.2) is 0 Å². The molecule has 0 bridgehead atoms. The van der Waals surface area contributed by atoms with Crippen LogP contribution in [0.5, 0.6) is 0 Å². The Balaban J connectivity index is 4.26. The van der Waals surface area contributed by atoms with Gasteiger partial charge >= 0.3 is 5.97 Å². The highest BCUT2D eigenvalue weighted by Gasteiger charge is 2.19. The maximum Gasteiger partial charge on any atom is 0.326 e. The van der Waals surface area contributed by atoms with Crippen LogP contribution in [0.2, 0.25) is 0 Å². The van der Waals surface area contributed by atoms with Crippen molar-refractivity contribution < 1.29 is 14.3 Å². The van der Waals surface area contributed by atoms with E-state index in [1.54, 1.807) is 27.7 Å². The van der Waals surface area contributed by atoms with Crippen LogP contribution < -0.4 is 0 Å². The van der Waals surface area contributed by atoms with Gasteiger partial charge in [-0.2, -0.15) is 0 Å². The normalized spacial score (nSPS) is 10.7. The monoisotopic (exact) mass is 213 g/mol. The Bertz CT molecular complexity index is 253. The molecule has 0 rings (SSSR count). The van der Waals surface area contributed by atoms with Crippen molar-refractivity contribution in [1.29, 1.82) is 0 Å². The van der Waals surface area contributed by atoms with E-state index in [0.717, 1.165) is 0 Å². The highest BCUT2D eigenvalue weighted by Crippen LogP contribution is 2.07. The molecule has 1 amide bonds. The lowest BCUT2D eigenvalue weighted by molar-refractivity contribution is -0.157. The highest BCUT2D eigenvalue weighted by atomic mass is 16.6. The molecule has 0 aliphatic rings. The molecule has 0 unspecified atom stereocenters. The van der Waals surface area contributed by atoms with E-state index in [2.05, 4.69) is 6.58 Å². The lowest BCUT2D eigenvalue weighted by Crippen LogP contribution is -2.35. The number of nitrogens with zero attached hydrogens (tertiary/aromatic N) is 1. The first-order valence-corrected chi connectivity index (χ1v) is 4.94. The maximum atomic E-state index is 11.4. The van der Waals surface area contributed by atoms with Gasteiger partial charge < -0.3 is 9.64 Å². The van der Waals surface area contributed by atoms with Crippen LogP contribution in [0.4, 0.5) is 0 Å². The second-order valence-electron chi connectivity index (χ2n) is 4.14. The number of rotatable bonds is 4. The fourth-order valence-electron chi connectivity index (χ4n) is 0.971. The van der Waals surface area contributed by atoms with Crippen molar-refractivity contribution in [2.24, 2.45) is 0 Å². The van der Waals surface area contributed by atoms with Crippen molar-refractivity contribution in [3.8, 4) is 0 Å². The summed E-state index contributed by atoms with van der Waals surface area (Å²) in [6.45, 7) is 10.5. The third-order valence-corrected chi connectivity index (χ3v) is 1.56. The zero-order chi connectivity index (χ0) is 12.1. The molecule has 86 valence electrons. The molecule has 4 nitrogen and oxygen atoms in total. The van der Waals surface area contributed by atoms with Crippen LogP contribution in [-0.2, 0) is 14.3 Å². The van der Waals surface area contributed by atoms with Gasteiger partial charge in [-0.3, -0.25) is 9.59 Å². The lowest BCUT2D eigenvalue weighted by atomic mass is 10.2. The summed E-state index contributed by atoms with van der Waals surface area (Å²) in [5, 5.41) is 0. The molecule has 0 heterocycles. The van der Waals surface area contributed by atoms with Crippen molar-refractivity contribution in [3.05, 3.63) is 12.8 Å². The Hall–Kier alpha value is -1.32. The smallest absolute Gasteiger partial charge is 0.326 e. The summed E-state index contributed by atoms with van der Waals surface area (Å²) in [7, 11) is 0. The van der Waals surface area contributed by atoms with Gasteiger partial charge in [0.1, 0.15) is 12.1 Å². The van der Waals surface area contributed by atoms with Crippen molar-refractivity contribution in [2.75, 3.05) is 6.54 Å². The summed E-state index contributed by atoms with van der Waals surface area (Å²) in [4.78, 5) is 23.9. The molecule has 0 N–H and O–H groups in total. The molecule has 0 spiro atoms. The molecule has 0 aromatic carbocycles. The van der Waals surface area contributed by atoms with E-state index in [-0.39, 0.29) is 12.5 Å². The molecule has 0 aromatic rings. The van der Waals surface area contributed by atoms with Gasteiger partial charge in [-0.25, -0.2) is 0 Å². The second-order valence-corrected chi connectivity index (χ2v) is 4.14. The summed E-state index contributed by atoms with van der Waals surface area (Å²) in [5.74, 6) is -0.569. The van der Waals surface area contributed by atoms with Crippen LogP contribution in [0, 0.1) is 0 Å². The maximum absolute atomic E-state index is 11.4. The van der Waals surface area contributed by atoms with Crippen LogP contribution in [-0.4, -0.2) is 28.9 Å². The van der Waals surface area contributed by atoms with Gasteiger partial charge in [0.2, 0.25) is 5.91 Å². The summed E-state index contributed by atoms with van der Waals surface area (Å²) >= 11 is 0. The summed E-state index contributed by atoms with van der Waals surface area (Å²) in [5.41, 5.74) is -0.529. The van der Waals surface area contributed by atoms with Gasteiger partial charge in [0.05, 0.1) is 0 Å². The Morgan fingerprint density at radius 1 is 1.40 bits per heavy atom. The van der Waals surface area contributed by atoms with Gasteiger partial charge in [0.25, 0.3) is 0 Å². The second kappa shape index (κ2) is 5.53. The number of ether oxygens (including phenoxy) is 1. The highest BCUT2D eigenvalue weighted by molar-refractivity contribution is 5.82. The molecule has 15 heavy (non-hydrogen) atoms. The standard InChI is InChI=1S/C11H19NO3/c1-6-9(13)12(7-2)8-10(14)15-11(3,4)5/h7H,2,6,8H2,1,3-5H3. The molecular formula is C11H19NO3. The number of amides is 1. The Labute approximate surface area is 90.9 Å². The molecule has 0 radical (unpaired) electrons.